The van der Waals surface area contributed by atoms with Crippen LogP contribution in [0.1, 0.15) is 15.9 Å². The molecule has 5 heteroatoms. The second-order valence-corrected chi connectivity index (χ2v) is 7.03. The Balaban J connectivity index is 2.30. The number of carbonyl (C=O) groups excluding carboxylic acids is 1. The third kappa shape index (κ3) is 3.79. The van der Waals surface area contributed by atoms with Crippen LogP contribution in [0.4, 0.5) is 5.69 Å². The van der Waals surface area contributed by atoms with E-state index in [1.165, 1.54) is 0 Å². The number of aryl methyl sites for hydroxylation is 1. The molecule has 0 saturated carbocycles. The van der Waals surface area contributed by atoms with Gasteiger partial charge in [-0.15, -0.1) is 0 Å². The van der Waals surface area contributed by atoms with Crippen LogP contribution in [0.3, 0.4) is 0 Å². The zero-order chi connectivity index (χ0) is 14.0. The lowest BCUT2D eigenvalue weighted by atomic mass is 10.1. The van der Waals surface area contributed by atoms with Crippen LogP contribution in [0.15, 0.2) is 45.3 Å². The van der Waals surface area contributed by atoms with E-state index in [2.05, 4.69) is 59.8 Å². The molecule has 0 aliphatic carbocycles. The number of hydrogen-bond acceptors (Lipinski definition) is 1. The molecule has 2 aromatic carbocycles. The van der Waals surface area contributed by atoms with Crippen LogP contribution >= 0.6 is 54.5 Å². The lowest BCUT2D eigenvalue weighted by Gasteiger charge is -2.10. The van der Waals surface area contributed by atoms with Gasteiger partial charge in [-0.3, -0.25) is 4.79 Å². The molecule has 2 rings (SSSR count). The summed E-state index contributed by atoms with van der Waals surface area (Å²) >= 11 is 8.95. The lowest BCUT2D eigenvalue weighted by molar-refractivity contribution is 0.102. The van der Waals surface area contributed by atoms with Crippen LogP contribution in [0, 0.1) is 10.5 Å². The number of halogens is 3. The van der Waals surface area contributed by atoms with E-state index >= 15 is 0 Å². The quantitative estimate of drug-likeness (QED) is 0.558. The minimum Gasteiger partial charge on any atom is -0.322 e. The van der Waals surface area contributed by atoms with Crippen molar-refractivity contribution < 1.29 is 4.79 Å². The number of carbonyl (C=O) groups is 1. The van der Waals surface area contributed by atoms with Gasteiger partial charge in [0.15, 0.2) is 0 Å². The summed E-state index contributed by atoms with van der Waals surface area (Å²) in [7, 11) is 0. The second kappa shape index (κ2) is 6.37. The summed E-state index contributed by atoms with van der Waals surface area (Å²) in [6.45, 7) is 1.97. The highest BCUT2D eigenvalue weighted by atomic mass is 127. The fourth-order valence-electron chi connectivity index (χ4n) is 1.59. The number of anilines is 1. The molecule has 0 atom stereocenters. The average Bonchev–Trinajstić information content (AvgIpc) is 2.36. The predicted octanol–water partition coefficient (Wildman–Crippen LogP) is 5.38. The Morgan fingerprint density at radius 2 is 1.74 bits per heavy atom. The summed E-state index contributed by atoms with van der Waals surface area (Å²) in [6, 6.07) is 11.5. The standard InChI is InChI=1S/C14H10Br2INO/c1-8-2-3-10(16)7-13(8)18-14(19)11-6-9(15)4-5-12(11)17/h2-7H,1H3,(H,18,19). The molecule has 0 bridgehead atoms. The highest BCUT2D eigenvalue weighted by Crippen LogP contribution is 2.23. The van der Waals surface area contributed by atoms with E-state index in [-0.39, 0.29) is 5.91 Å². The van der Waals surface area contributed by atoms with E-state index in [0.29, 0.717) is 5.56 Å². The van der Waals surface area contributed by atoms with Crippen LogP contribution in [-0.2, 0) is 0 Å². The summed E-state index contributed by atoms with van der Waals surface area (Å²) in [6.07, 6.45) is 0. The maximum absolute atomic E-state index is 12.3. The van der Waals surface area contributed by atoms with Gasteiger partial charge < -0.3 is 5.32 Å². The summed E-state index contributed by atoms with van der Waals surface area (Å²) in [5.74, 6) is -0.105. The fourth-order valence-corrected chi connectivity index (χ4v) is 2.89. The number of hydrogen-bond donors (Lipinski definition) is 1. The average molecular weight is 495 g/mol. The van der Waals surface area contributed by atoms with Gasteiger partial charge >= 0.3 is 0 Å². The first-order valence-corrected chi connectivity index (χ1v) is 8.16. The minimum atomic E-state index is -0.105. The Bertz CT molecular complexity index is 643. The SMILES string of the molecule is Cc1ccc(Br)cc1NC(=O)c1cc(Br)ccc1I. The number of rotatable bonds is 2. The van der Waals surface area contributed by atoms with E-state index in [0.717, 1.165) is 23.8 Å². The zero-order valence-corrected chi connectivity index (χ0v) is 15.3. The molecular formula is C14H10Br2INO. The summed E-state index contributed by atoms with van der Waals surface area (Å²) in [5, 5.41) is 2.94. The van der Waals surface area contributed by atoms with Gasteiger partial charge in [0.2, 0.25) is 0 Å². The molecule has 0 saturated heterocycles. The van der Waals surface area contributed by atoms with Gasteiger partial charge in [-0.2, -0.15) is 0 Å². The van der Waals surface area contributed by atoms with Gasteiger partial charge in [0, 0.05) is 18.2 Å². The summed E-state index contributed by atoms with van der Waals surface area (Å²) < 4.78 is 2.76. The van der Waals surface area contributed by atoms with Gasteiger partial charge in [0.05, 0.1) is 5.56 Å². The number of benzene rings is 2. The lowest BCUT2D eigenvalue weighted by Crippen LogP contribution is -2.14. The molecule has 19 heavy (non-hydrogen) atoms. The van der Waals surface area contributed by atoms with E-state index in [9.17, 15) is 4.79 Å². The van der Waals surface area contributed by atoms with Crippen molar-refractivity contribution in [2.24, 2.45) is 0 Å². The molecular weight excluding hydrogens is 485 g/mol. The van der Waals surface area contributed by atoms with E-state index in [1.54, 1.807) is 0 Å². The maximum atomic E-state index is 12.3. The molecule has 0 aliphatic heterocycles. The molecule has 98 valence electrons. The Labute approximate surface area is 142 Å². The molecule has 0 unspecified atom stereocenters. The van der Waals surface area contributed by atoms with Crippen LogP contribution in [0.5, 0.6) is 0 Å². The third-order valence-electron chi connectivity index (χ3n) is 2.62. The van der Waals surface area contributed by atoms with E-state index in [1.807, 2.05) is 43.3 Å². The molecule has 0 fully saturated rings. The molecule has 2 nitrogen and oxygen atoms in total. The monoisotopic (exact) mass is 493 g/mol. The molecule has 0 aromatic heterocycles. The first-order valence-electron chi connectivity index (χ1n) is 5.50. The van der Waals surface area contributed by atoms with Crippen LogP contribution in [-0.4, -0.2) is 5.91 Å². The largest absolute Gasteiger partial charge is 0.322 e. The Hall–Kier alpha value is -0.400. The van der Waals surface area contributed by atoms with Gasteiger partial charge in [0.25, 0.3) is 5.91 Å². The van der Waals surface area contributed by atoms with Crippen molar-refractivity contribution in [2.75, 3.05) is 5.32 Å². The Morgan fingerprint density at radius 3 is 2.47 bits per heavy atom. The van der Waals surface area contributed by atoms with Crippen molar-refractivity contribution in [3.8, 4) is 0 Å². The van der Waals surface area contributed by atoms with Crippen molar-refractivity contribution in [3.63, 3.8) is 0 Å². The minimum absolute atomic E-state index is 0.105. The van der Waals surface area contributed by atoms with Gasteiger partial charge in [0.1, 0.15) is 0 Å². The smallest absolute Gasteiger partial charge is 0.256 e. The van der Waals surface area contributed by atoms with Crippen molar-refractivity contribution in [1.29, 1.82) is 0 Å². The number of amides is 1. The van der Waals surface area contributed by atoms with E-state index in [4.69, 9.17) is 0 Å². The molecule has 0 radical (unpaired) electrons. The second-order valence-electron chi connectivity index (χ2n) is 4.04. The molecule has 0 heterocycles. The topological polar surface area (TPSA) is 29.1 Å². The molecule has 0 aliphatic rings. The highest BCUT2D eigenvalue weighted by Gasteiger charge is 2.12. The first kappa shape index (κ1) is 15.0. The van der Waals surface area contributed by atoms with Crippen LogP contribution in [0.2, 0.25) is 0 Å². The van der Waals surface area contributed by atoms with Gasteiger partial charge in [-0.25, -0.2) is 0 Å². The molecule has 1 amide bonds. The molecule has 2 aromatic rings. The maximum Gasteiger partial charge on any atom is 0.256 e. The normalized spacial score (nSPS) is 10.3. The van der Waals surface area contributed by atoms with Crippen molar-refractivity contribution >= 4 is 66.0 Å². The summed E-state index contributed by atoms with van der Waals surface area (Å²) in [5.41, 5.74) is 2.51. The third-order valence-corrected chi connectivity index (χ3v) is 4.55. The zero-order valence-electron chi connectivity index (χ0n) is 10.0. The van der Waals surface area contributed by atoms with Gasteiger partial charge in [-0.05, 0) is 65.4 Å². The Kier molecular flexibility index (Phi) is 5.03. The Morgan fingerprint density at radius 1 is 1.11 bits per heavy atom. The van der Waals surface area contributed by atoms with Crippen molar-refractivity contribution in [1.82, 2.24) is 0 Å². The predicted molar refractivity (Wildman–Crippen MR) is 93.7 cm³/mol. The number of nitrogens with one attached hydrogen (secondary N) is 1. The van der Waals surface area contributed by atoms with E-state index < -0.39 is 0 Å². The van der Waals surface area contributed by atoms with Crippen molar-refractivity contribution in [3.05, 3.63) is 60.0 Å². The first-order chi connectivity index (χ1) is 8.97. The van der Waals surface area contributed by atoms with Crippen LogP contribution < -0.4 is 5.32 Å². The van der Waals surface area contributed by atoms with Crippen molar-refractivity contribution in [2.45, 2.75) is 6.92 Å². The fraction of sp³-hybridized carbons (Fsp3) is 0.0714. The van der Waals surface area contributed by atoms with Gasteiger partial charge in [-0.1, -0.05) is 37.9 Å². The van der Waals surface area contributed by atoms with Crippen LogP contribution in [0.25, 0.3) is 0 Å². The molecule has 1 N–H and O–H groups in total. The summed E-state index contributed by atoms with van der Waals surface area (Å²) in [4.78, 5) is 12.3. The molecule has 0 spiro atoms. The highest BCUT2D eigenvalue weighted by molar-refractivity contribution is 14.1.